The standard InChI is InChI=1S/C27H27N3O3/c1-19-3-12-26-28-23(17-30(26)15-19)18-33-25-10-6-21(7-11-25)27(31)29-14-13-22(16-29)20-4-8-24(32-2)9-5-20/h3-12,15,17,22H,13-14,16,18H2,1-2H3. The summed E-state index contributed by atoms with van der Waals surface area (Å²) in [4.78, 5) is 19.5. The number of amides is 1. The molecule has 4 aromatic rings. The highest BCUT2D eigenvalue weighted by atomic mass is 16.5. The maximum Gasteiger partial charge on any atom is 0.253 e. The zero-order valence-corrected chi connectivity index (χ0v) is 18.9. The molecule has 168 valence electrons. The van der Waals surface area contributed by atoms with Crippen LogP contribution in [0.2, 0.25) is 0 Å². The van der Waals surface area contributed by atoms with Gasteiger partial charge in [-0.1, -0.05) is 18.2 Å². The number of rotatable bonds is 6. The number of ether oxygens (including phenoxy) is 2. The molecule has 1 amide bonds. The average molecular weight is 442 g/mol. The molecule has 0 bridgehead atoms. The van der Waals surface area contributed by atoms with Crippen LogP contribution in [0.3, 0.4) is 0 Å². The summed E-state index contributed by atoms with van der Waals surface area (Å²) in [6.07, 6.45) is 4.99. The SMILES string of the molecule is COc1ccc(C2CCN(C(=O)c3ccc(OCc4cn5cc(C)ccc5n4)cc3)C2)cc1. The van der Waals surface area contributed by atoms with Crippen molar-refractivity contribution in [2.24, 2.45) is 0 Å². The topological polar surface area (TPSA) is 56.1 Å². The summed E-state index contributed by atoms with van der Waals surface area (Å²) in [6, 6.07) is 19.6. The van der Waals surface area contributed by atoms with Gasteiger partial charge in [-0.05, 0) is 66.9 Å². The van der Waals surface area contributed by atoms with Gasteiger partial charge in [0, 0.05) is 37.0 Å². The number of pyridine rings is 1. The lowest BCUT2D eigenvalue weighted by atomic mass is 9.98. The van der Waals surface area contributed by atoms with E-state index in [0.717, 1.165) is 42.4 Å². The minimum Gasteiger partial charge on any atom is -0.497 e. The molecule has 1 saturated heterocycles. The lowest BCUT2D eigenvalue weighted by Crippen LogP contribution is -2.28. The molecule has 1 atom stereocenters. The maximum absolute atomic E-state index is 13.0. The van der Waals surface area contributed by atoms with E-state index in [9.17, 15) is 4.79 Å². The molecule has 2 aromatic heterocycles. The summed E-state index contributed by atoms with van der Waals surface area (Å²) >= 11 is 0. The largest absolute Gasteiger partial charge is 0.497 e. The number of carbonyl (C=O) groups excluding carboxylic acids is 1. The first-order chi connectivity index (χ1) is 16.1. The first-order valence-corrected chi connectivity index (χ1v) is 11.2. The van der Waals surface area contributed by atoms with Crippen LogP contribution in [-0.2, 0) is 6.61 Å². The Morgan fingerprint density at radius 3 is 2.52 bits per heavy atom. The number of benzene rings is 2. The maximum atomic E-state index is 13.0. The molecule has 0 radical (unpaired) electrons. The number of carbonyl (C=O) groups is 1. The number of nitrogens with zero attached hydrogens (tertiary/aromatic N) is 3. The van der Waals surface area contributed by atoms with Crippen molar-refractivity contribution in [2.45, 2.75) is 25.9 Å². The highest BCUT2D eigenvalue weighted by molar-refractivity contribution is 5.94. The summed E-state index contributed by atoms with van der Waals surface area (Å²) in [5.74, 6) is 1.99. The van der Waals surface area contributed by atoms with Crippen LogP contribution in [0.25, 0.3) is 5.65 Å². The summed E-state index contributed by atoms with van der Waals surface area (Å²) in [6.45, 7) is 3.93. The minimum absolute atomic E-state index is 0.0632. The lowest BCUT2D eigenvalue weighted by molar-refractivity contribution is 0.0790. The Kier molecular flexibility index (Phi) is 5.73. The smallest absolute Gasteiger partial charge is 0.253 e. The highest BCUT2D eigenvalue weighted by Gasteiger charge is 2.28. The molecule has 33 heavy (non-hydrogen) atoms. The van der Waals surface area contributed by atoms with E-state index in [2.05, 4.69) is 24.0 Å². The Morgan fingerprint density at radius 2 is 1.76 bits per heavy atom. The van der Waals surface area contributed by atoms with Crippen LogP contribution >= 0.6 is 0 Å². The van der Waals surface area contributed by atoms with Gasteiger partial charge in [-0.3, -0.25) is 4.79 Å². The summed E-state index contributed by atoms with van der Waals surface area (Å²) in [7, 11) is 1.67. The molecule has 1 aliphatic heterocycles. The third kappa shape index (κ3) is 4.55. The molecule has 5 rings (SSSR count). The summed E-state index contributed by atoms with van der Waals surface area (Å²) < 4.78 is 13.1. The Morgan fingerprint density at radius 1 is 1.00 bits per heavy atom. The van der Waals surface area contributed by atoms with E-state index < -0.39 is 0 Å². The van der Waals surface area contributed by atoms with Crippen molar-refractivity contribution >= 4 is 11.6 Å². The van der Waals surface area contributed by atoms with E-state index in [0.29, 0.717) is 18.1 Å². The monoisotopic (exact) mass is 441 g/mol. The predicted octanol–water partition coefficient (Wildman–Crippen LogP) is 4.86. The Balaban J connectivity index is 1.18. The molecule has 0 saturated carbocycles. The van der Waals surface area contributed by atoms with Crippen LogP contribution in [0.5, 0.6) is 11.5 Å². The fraction of sp³-hybridized carbons (Fsp3) is 0.259. The van der Waals surface area contributed by atoms with Gasteiger partial charge in [-0.2, -0.15) is 0 Å². The van der Waals surface area contributed by atoms with E-state index in [4.69, 9.17) is 9.47 Å². The van der Waals surface area contributed by atoms with Crippen LogP contribution in [0, 0.1) is 6.92 Å². The van der Waals surface area contributed by atoms with E-state index in [1.807, 2.05) is 70.2 Å². The van der Waals surface area contributed by atoms with Crippen LogP contribution in [0.15, 0.2) is 73.1 Å². The van der Waals surface area contributed by atoms with Crippen molar-refractivity contribution in [2.75, 3.05) is 20.2 Å². The van der Waals surface area contributed by atoms with Gasteiger partial charge in [0.2, 0.25) is 0 Å². The van der Waals surface area contributed by atoms with Gasteiger partial charge in [-0.25, -0.2) is 4.98 Å². The molecule has 6 heteroatoms. The number of imidazole rings is 1. The normalized spacial score (nSPS) is 15.7. The Labute approximate surface area is 193 Å². The van der Waals surface area contributed by atoms with Gasteiger partial charge in [0.1, 0.15) is 23.8 Å². The molecule has 0 N–H and O–H groups in total. The number of methoxy groups -OCH3 is 1. The Bertz CT molecular complexity index is 1260. The fourth-order valence-electron chi connectivity index (χ4n) is 4.35. The molecule has 1 aliphatic rings. The van der Waals surface area contributed by atoms with Crippen molar-refractivity contribution in [3.63, 3.8) is 0 Å². The Hall–Kier alpha value is -3.80. The summed E-state index contributed by atoms with van der Waals surface area (Å²) in [5.41, 5.74) is 4.87. The van der Waals surface area contributed by atoms with E-state index in [1.54, 1.807) is 7.11 Å². The zero-order chi connectivity index (χ0) is 22.8. The van der Waals surface area contributed by atoms with Gasteiger partial charge in [0.15, 0.2) is 0 Å². The quantitative estimate of drug-likeness (QED) is 0.429. The van der Waals surface area contributed by atoms with Crippen LogP contribution in [-0.4, -0.2) is 40.4 Å². The lowest BCUT2D eigenvalue weighted by Gasteiger charge is -2.17. The molecule has 6 nitrogen and oxygen atoms in total. The third-order valence-electron chi connectivity index (χ3n) is 6.20. The molecule has 1 fully saturated rings. The van der Waals surface area contributed by atoms with Crippen molar-refractivity contribution < 1.29 is 14.3 Å². The third-order valence-corrected chi connectivity index (χ3v) is 6.20. The second kappa shape index (κ2) is 8.98. The molecule has 0 aliphatic carbocycles. The van der Waals surface area contributed by atoms with Crippen LogP contribution in [0.4, 0.5) is 0 Å². The second-order valence-corrected chi connectivity index (χ2v) is 8.53. The van der Waals surface area contributed by atoms with Gasteiger partial charge in [0.05, 0.1) is 12.8 Å². The van der Waals surface area contributed by atoms with Gasteiger partial charge in [-0.15, -0.1) is 0 Å². The van der Waals surface area contributed by atoms with E-state index in [1.165, 1.54) is 11.1 Å². The number of hydrogen-bond acceptors (Lipinski definition) is 4. The molecule has 0 spiro atoms. The first-order valence-electron chi connectivity index (χ1n) is 11.2. The number of aryl methyl sites for hydroxylation is 1. The summed E-state index contributed by atoms with van der Waals surface area (Å²) in [5, 5.41) is 0. The van der Waals surface area contributed by atoms with Gasteiger partial charge in [0.25, 0.3) is 5.91 Å². The number of likely N-dealkylation sites (tertiary alicyclic amines) is 1. The van der Waals surface area contributed by atoms with Crippen molar-refractivity contribution in [1.29, 1.82) is 0 Å². The fourth-order valence-corrected chi connectivity index (χ4v) is 4.35. The van der Waals surface area contributed by atoms with Crippen molar-refractivity contribution in [3.8, 4) is 11.5 Å². The first kappa shape index (κ1) is 21.1. The second-order valence-electron chi connectivity index (χ2n) is 8.53. The molecular formula is C27H27N3O3. The van der Waals surface area contributed by atoms with Crippen molar-refractivity contribution in [3.05, 3.63) is 95.4 Å². The predicted molar refractivity (Wildman–Crippen MR) is 127 cm³/mol. The van der Waals surface area contributed by atoms with E-state index in [-0.39, 0.29) is 5.91 Å². The zero-order valence-electron chi connectivity index (χ0n) is 18.9. The number of fused-ring (bicyclic) bond motifs is 1. The average Bonchev–Trinajstić information content (AvgIpc) is 3.50. The number of aromatic nitrogens is 2. The molecule has 1 unspecified atom stereocenters. The minimum atomic E-state index is 0.0632. The van der Waals surface area contributed by atoms with Gasteiger partial charge < -0.3 is 18.8 Å². The molecule has 3 heterocycles. The van der Waals surface area contributed by atoms with E-state index >= 15 is 0 Å². The number of hydrogen-bond donors (Lipinski definition) is 0. The van der Waals surface area contributed by atoms with Crippen molar-refractivity contribution in [1.82, 2.24) is 14.3 Å². The molecule has 2 aromatic carbocycles. The highest BCUT2D eigenvalue weighted by Crippen LogP contribution is 2.29. The van der Waals surface area contributed by atoms with Crippen LogP contribution < -0.4 is 9.47 Å². The molecular weight excluding hydrogens is 414 g/mol. The van der Waals surface area contributed by atoms with Gasteiger partial charge >= 0.3 is 0 Å². The van der Waals surface area contributed by atoms with Crippen LogP contribution in [0.1, 0.15) is 39.5 Å².